The Bertz CT molecular complexity index is 294. The van der Waals surface area contributed by atoms with Crippen molar-refractivity contribution in [2.24, 2.45) is 11.3 Å². The molecule has 4 heteroatoms. The molecule has 0 radical (unpaired) electrons. The van der Waals surface area contributed by atoms with Crippen LogP contribution in [0.3, 0.4) is 0 Å². The van der Waals surface area contributed by atoms with Crippen molar-refractivity contribution in [1.82, 2.24) is 5.32 Å². The third-order valence-electron chi connectivity index (χ3n) is 4.81. The second-order valence-corrected chi connectivity index (χ2v) is 6.99. The van der Waals surface area contributed by atoms with E-state index in [9.17, 15) is 0 Å². The number of ether oxygens (including phenoxy) is 3. The fourth-order valence-electron chi connectivity index (χ4n) is 3.47. The maximum absolute atomic E-state index is 6.12. The molecule has 0 aromatic rings. The minimum Gasteiger partial charge on any atom is -0.382 e. The number of rotatable bonds is 11. The summed E-state index contributed by atoms with van der Waals surface area (Å²) in [6.45, 7) is 8.71. The van der Waals surface area contributed by atoms with Crippen molar-refractivity contribution in [3.05, 3.63) is 0 Å². The van der Waals surface area contributed by atoms with E-state index in [1.807, 2.05) is 0 Å². The van der Waals surface area contributed by atoms with Crippen molar-refractivity contribution in [2.45, 2.75) is 58.1 Å². The SMILES string of the molecule is COCCOCCCC1(CNC(C)C)CCOC1C1CC1. The summed E-state index contributed by atoms with van der Waals surface area (Å²) >= 11 is 0. The van der Waals surface area contributed by atoms with E-state index in [0.717, 1.165) is 32.1 Å². The van der Waals surface area contributed by atoms with Crippen molar-refractivity contribution < 1.29 is 14.2 Å². The van der Waals surface area contributed by atoms with E-state index in [1.165, 1.54) is 25.7 Å². The molecule has 0 aromatic carbocycles. The minimum absolute atomic E-state index is 0.329. The van der Waals surface area contributed by atoms with Crippen LogP contribution in [-0.4, -0.2) is 52.2 Å². The van der Waals surface area contributed by atoms with Gasteiger partial charge in [-0.05, 0) is 38.0 Å². The molecule has 2 rings (SSSR count). The topological polar surface area (TPSA) is 39.7 Å². The van der Waals surface area contributed by atoms with Gasteiger partial charge in [-0.15, -0.1) is 0 Å². The molecule has 2 fully saturated rings. The molecule has 1 aliphatic heterocycles. The standard InChI is InChI=1S/C17H33NO3/c1-14(2)18-13-17(7-4-9-20-12-11-19-3)8-10-21-16(17)15-5-6-15/h14-16,18H,4-13H2,1-3H3. The van der Waals surface area contributed by atoms with Gasteiger partial charge in [0.25, 0.3) is 0 Å². The van der Waals surface area contributed by atoms with Crippen LogP contribution in [0.1, 0.15) is 46.0 Å². The van der Waals surface area contributed by atoms with Gasteiger partial charge in [-0.2, -0.15) is 0 Å². The molecule has 2 aliphatic rings. The zero-order valence-corrected chi connectivity index (χ0v) is 14.0. The van der Waals surface area contributed by atoms with Gasteiger partial charge in [0.15, 0.2) is 0 Å². The van der Waals surface area contributed by atoms with Crippen molar-refractivity contribution >= 4 is 0 Å². The Labute approximate surface area is 129 Å². The molecule has 0 aromatic heterocycles. The fourth-order valence-corrected chi connectivity index (χ4v) is 3.47. The lowest BCUT2D eigenvalue weighted by Crippen LogP contribution is -2.44. The lowest BCUT2D eigenvalue weighted by molar-refractivity contribution is 0.0167. The third kappa shape index (κ3) is 5.20. The highest BCUT2D eigenvalue weighted by atomic mass is 16.5. The average molecular weight is 299 g/mol. The fraction of sp³-hybridized carbons (Fsp3) is 1.00. The van der Waals surface area contributed by atoms with E-state index in [1.54, 1.807) is 7.11 Å². The van der Waals surface area contributed by atoms with Gasteiger partial charge < -0.3 is 19.5 Å². The Morgan fingerprint density at radius 2 is 2.05 bits per heavy atom. The van der Waals surface area contributed by atoms with E-state index in [0.29, 0.717) is 30.8 Å². The van der Waals surface area contributed by atoms with Gasteiger partial charge in [-0.1, -0.05) is 13.8 Å². The highest BCUT2D eigenvalue weighted by Gasteiger charge is 2.50. The summed E-state index contributed by atoms with van der Waals surface area (Å²) in [5.74, 6) is 0.816. The minimum atomic E-state index is 0.329. The first-order chi connectivity index (χ1) is 10.2. The third-order valence-corrected chi connectivity index (χ3v) is 4.81. The molecule has 1 N–H and O–H groups in total. The van der Waals surface area contributed by atoms with Crippen molar-refractivity contribution in [3.8, 4) is 0 Å². The van der Waals surface area contributed by atoms with Crippen LogP contribution in [0.2, 0.25) is 0 Å². The maximum Gasteiger partial charge on any atom is 0.0700 e. The van der Waals surface area contributed by atoms with Gasteiger partial charge >= 0.3 is 0 Å². The first-order valence-corrected chi connectivity index (χ1v) is 8.59. The van der Waals surface area contributed by atoms with E-state index >= 15 is 0 Å². The van der Waals surface area contributed by atoms with Gasteiger partial charge in [-0.3, -0.25) is 0 Å². The highest BCUT2D eigenvalue weighted by molar-refractivity contribution is 5.00. The van der Waals surface area contributed by atoms with Gasteiger partial charge in [0.1, 0.15) is 0 Å². The van der Waals surface area contributed by atoms with Crippen LogP contribution in [0.5, 0.6) is 0 Å². The quantitative estimate of drug-likeness (QED) is 0.595. The van der Waals surface area contributed by atoms with Gasteiger partial charge in [0.05, 0.1) is 19.3 Å². The molecule has 124 valence electrons. The Morgan fingerprint density at radius 3 is 2.71 bits per heavy atom. The lowest BCUT2D eigenvalue weighted by Gasteiger charge is -2.35. The molecule has 2 atom stereocenters. The van der Waals surface area contributed by atoms with Crippen LogP contribution < -0.4 is 5.32 Å². The van der Waals surface area contributed by atoms with E-state index in [4.69, 9.17) is 14.2 Å². The predicted molar refractivity (Wildman–Crippen MR) is 84.6 cm³/mol. The molecule has 21 heavy (non-hydrogen) atoms. The predicted octanol–water partition coefficient (Wildman–Crippen LogP) is 2.61. The van der Waals surface area contributed by atoms with Crippen molar-refractivity contribution in [3.63, 3.8) is 0 Å². The van der Waals surface area contributed by atoms with Gasteiger partial charge in [0, 0.05) is 38.3 Å². The van der Waals surface area contributed by atoms with Crippen LogP contribution in [0, 0.1) is 11.3 Å². The van der Waals surface area contributed by atoms with Gasteiger partial charge in [-0.25, -0.2) is 0 Å². The maximum atomic E-state index is 6.12. The number of methoxy groups -OCH3 is 1. The van der Waals surface area contributed by atoms with E-state index < -0.39 is 0 Å². The van der Waals surface area contributed by atoms with E-state index in [-0.39, 0.29) is 0 Å². The van der Waals surface area contributed by atoms with E-state index in [2.05, 4.69) is 19.2 Å². The van der Waals surface area contributed by atoms with Crippen molar-refractivity contribution in [1.29, 1.82) is 0 Å². The Morgan fingerprint density at radius 1 is 1.24 bits per heavy atom. The molecule has 2 unspecified atom stereocenters. The van der Waals surface area contributed by atoms with Gasteiger partial charge in [0.2, 0.25) is 0 Å². The molecule has 4 nitrogen and oxygen atoms in total. The average Bonchev–Trinajstić information content (AvgIpc) is 3.22. The molecule has 0 spiro atoms. The summed E-state index contributed by atoms with van der Waals surface area (Å²) in [4.78, 5) is 0. The first kappa shape index (κ1) is 17.2. The molecule has 1 saturated carbocycles. The number of hydrogen-bond acceptors (Lipinski definition) is 4. The highest BCUT2D eigenvalue weighted by Crippen LogP contribution is 2.49. The largest absolute Gasteiger partial charge is 0.382 e. The summed E-state index contributed by atoms with van der Waals surface area (Å²) in [7, 11) is 1.71. The van der Waals surface area contributed by atoms with Crippen LogP contribution in [0.15, 0.2) is 0 Å². The smallest absolute Gasteiger partial charge is 0.0700 e. The molecule has 1 heterocycles. The normalized spacial score (nSPS) is 29.4. The molecular formula is C17H33NO3. The molecule has 0 amide bonds. The second-order valence-electron chi connectivity index (χ2n) is 6.99. The lowest BCUT2D eigenvalue weighted by atomic mass is 9.75. The number of nitrogens with one attached hydrogen (secondary N) is 1. The molecular weight excluding hydrogens is 266 g/mol. The monoisotopic (exact) mass is 299 g/mol. The Hall–Kier alpha value is -0.160. The molecule has 0 bridgehead atoms. The van der Waals surface area contributed by atoms with Crippen LogP contribution in [0.25, 0.3) is 0 Å². The van der Waals surface area contributed by atoms with Crippen LogP contribution in [-0.2, 0) is 14.2 Å². The Kier molecular flexibility index (Phi) is 6.93. The number of hydrogen-bond donors (Lipinski definition) is 1. The summed E-state index contributed by atoms with van der Waals surface area (Å²) in [6, 6.07) is 0.542. The summed E-state index contributed by atoms with van der Waals surface area (Å²) in [5, 5.41) is 3.66. The Balaban J connectivity index is 1.80. The van der Waals surface area contributed by atoms with Crippen molar-refractivity contribution in [2.75, 3.05) is 40.1 Å². The molecule has 1 aliphatic carbocycles. The van der Waals surface area contributed by atoms with Crippen LogP contribution >= 0.6 is 0 Å². The second kappa shape index (κ2) is 8.47. The zero-order chi connectivity index (χ0) is 15.1. The summed E-state index contributed by atoms with van der Waals surface area (Å²) in [6.07, 6.45) is 6.72. The molecule has 1 saturated heterocycles. The summed E-state index contributed by atoms with van der Waals surface area (Å²) < 4.78 is 16.8. The summed E-state index contributed by atoms with van der Waals surface area (Å²) in [5.41, 5.74) is 0.329. The van der Waals surface area contributed by atoms with Crippen LogP contribution in [0.4, 0.5) is 0 Å². The zero-order valence-electron chi connectivity index (χ0n) is 14.0. The first-order valence-electron chi connectivity index (χ1n) is 8.59.